The van der Waals surface area contributed by atoms with Gasteiger partial charge in [-0.3, -0.25) is 13.8 Å². The van der Waals surface area contributed by atoms with Crippen LogP contribution in [-0.4, -0.2) is 75.6 Å². The molecule has 0 amide bonds. The van der Waals surface area contributed by atoms with E-state index < -0.39 is 13.9 Å². The van der Waals surface area contributed by atoms with Gasteiger partial charge in [0.15, 0.2) is 0 Å². The van der Waals surface area contributed by atoms with E-state index in [1.807, 2.05) is 21.1 Å². The number of hydrogen-bond acceptors (Lipinski definition) is 6. The lowest BCUT2D eigenvalue weighted by atomic mass is 10.0. The zero-order chi connectivity index (χ0) is 47.6. The molecule has 0 spiro atoms. The average Bonchev–Trinajstić information content (AvgIpc) is 3.27. The second-order valence-electron chi connectivity index (χ2n) is 19.2. The largest absolute Gasteiger partial charge is 0.472 e. The highest BCUT2D eigenvalue weighted by atomic mass is 31.2. The van der Waals surface area contributed by atoms with E-state index in [9.17, 15) is 14.3 Å². The molecule has 0 aromatic heterocycles. The van der Waals surface area contributed by atoms with Gasteiger partial charge in [-0.15, -0.1) is 0 Å². The van der Waals surface area contributed by atoms with Gasteiger partial charge in [0, 0.05) is 13.0 Å². The Morgan fingerprint density at radius 1 is 0.492 bits per heavy atom. The lowest BCUT2D eigenvalue weighted by Crippen LogP contribution is -2.37. The quantitative estimate of drug-likeness (QED) is 0.0214. The Bertz CT molecular complexity index is 1220. The molecule has 0 aromatic rings. The van der Waals surface area contributed by atoms with E-state index in [0.717, 1.165) is 64.2 Å². The van der Waals surface area contributed by atoms with Crippen molar-refractivity contribution in [3.8, 4) is 0 Å². The van der Waals surface area contributed by atoms with Crippen molar-refractivity contribution in [3.63, 3.8) is 0 Å². The number of unbranched alkanes of at least 4 members (excludes halogenated alkanes) is 26. The summed E-state index contributed by atoms with van der Waals surface area (Å²) in [6.07, 6.45) is 62.7. The first-order chi connectivity index (χ1) is 31.6. The van der Waals surface area contributed by atoms with Crippen molar-refractivity contribution in [2.24, 2.45) is 0 Å². The van der Waals surface area contributed by atoms with Crippen LogP contribution in [0.5, 0.6) is 0 Å². The summed E-state index contributed by atoms with van der Waals surface area (Å²) in [7, 11) is 1.66. The van der Waals surface area contributed by atoms with Crippen molar-refractivity contribution < 1.29 is 37.3 Å². The summed E-state index contributed by atoms with van der Waals surface area (Å²) in [5.74, 6) is -0.318. The van der Waals surface area contributed by atoms with Crippen molar-refractivity contribution in [1.29, 1.82) is 0 Å². The number of nitrogens with zero attached hydrogens (tertiary/aromatic N) is 1. The van der Waals surface area contributed by atoms with Crippen LogP contribution in [0.2, 0.25) is 0 Å². The second kappa shape index (κ2) is 48.6. The third-order valence-electron chi connectivity index (χ3n) is 11.6. The Hall–Kier alpha value is -1.80. The Morgan fingerprint density at radius 3 is 1.35 bits per heavy atom. The van der Waals surface area contributed by atoms with Crippen LogP contribution >= 0.6 is 7.82 Å². The molecular weight excluding hydrogens is 830 g/mol. The van der Waals surface area contributed by atoms with Crippen LogP contribution in [0, 0.1) is 0 Å². The van der Waals surface area contributed by atoms with Crippen LogP contribution in [0.25, 0.3) is 0 Å². The Morgan fingerprint density at radius 2 is 0.892 bits per heavy atom. The number of rotatable bonds is 50. The monoisotopic (exact) mass is 935 g/mol. The fourth-order valence-electron chi connectivity index (χ4n) is 7.42. The third-order valence-corrected chi connectivity index (χ3v) is 12.5. The summed E-state index contributed by atoms with van der Waals surface area (Å²) in [6.45, 7) is 5.51. The van der Waals surface area contributed by atoms with Gasteiger partial charge in [-0.05, 0) is 77.0 Å². The molecule has 8 nitrogen and oxygen atoms in total. The van der Waals surface area contributed by atoms with Crippen molar-refractivity contribution in [3.05, 3.63) is 60.8 Å². The Kier molecular flexibility index (Phi) is 47.3. The number of phosphoric acid groups is 1. The van der Waals surface area contributed by atoms with Gasteiger partial charge in [0.2, 0.25) is 0 Å². The number of allylic oxidation sites excluding steroid dienone is 10. The van der Waals surface area contributed by atoms with Gasteiger partial charge < -0.3 is 18.9 Å². The lowest BCUT2D eigenvalue weighted by molar-refractivity contribution is -0.870. The van der Waals surface area contributed by atoms with Gasteiger partial charge in [0.05, 0.1) is 34.4 Å². The van der Waals surface area contributed by atoms with Crippen LogP contribution in [0.3, 0.4) is 0 Å². The van der Waals surface area contributed by atoms with Gasteiger partial charge in [0.1, 0.15) is 19.3 Å². The van der Waals surface area contributed by atoms with E-state index >= 15 is 0 Å². The van der Waals surface area contributed by atoms with E-state index in [1.165, 1.54) is 148 Å². The number of esters is 1. The molecule has 0 aliphatic rings. The highest BCUT2D eigenvalue weighted by molar-refractivity contribution is 7.47. The summed E-state index contributed by atoms with van der Waals surface area (Å²) >= 11 is 0. The fraction of sp³-hybridized carbons (Fsp3) is 0.804. The molecule has 0 heterocycles. The zero-order valence-corrected chi connectivity index (χ0v) is 44.1. The zero-order valence-electron chi connectivity index (χ0n) is 43.2. The maximum atomic E-state index is 12.8. The predicted octanol–water partition coefficient (Wildman–Crippen LogP) is 16.8. The minimum atomic E-state index is -4.29. The van der Waals surface area contributed by atoms with Crippen LogP contribution in [0.15, 0.2) is 60.8 Å². The molecule has 1 N–H and O–H groups in total. The molecule has 2 atom stereocenters. The molecule has 0 saturated carbocycles. The first kappa shape index (κ1) is 63.2. The summed E-state index contributed by atoms with van der Waals surface area (Å²) < 4.78 is 35.2. The highest BCUT2D eigenvalue weighted by Gasteiger charge is 2.26. The molecule has 0 rings (SSSR count). The van der Waals surface area contributed by atoms with E-state index in [1.54, 1.807) is 0 Å². The molecular formula is C56H105NO7P+. The van der Waals surface area contributed by atoms with Crippen molar-refractivity contribution >= 4 is 13.8 Å². The Balaban J connectivity index is 4.13. The minimum Gasteiger partial charge on any atom is -0.457 e. The van der Waals surface area contributed by atoms with E-state index in [-0.39, 0.29) is 25.8 Å². The maximum absolute atomic E-state index is 12.8. The molecule has 0 aliphatic heterocycles. The SMILES string of the molecule is CC/C=C\C/C=C\C/C=C\C/C=C\CCCCCCCCCOCC(COP(=O)(O)OCC[N+](C)(C)C)OC(=O)CCCCCCCCCCCCC/C=C\CCCCCCCCCC. The predicted molar refractivity (Wildman–Crippen MR) is 279 cm³/mol. The normalized spacial score (nSPS) is 14.0. The smallest absolute Gasteiger partial charge is 0.457 e. The van der Waals surface area contributed by atoms with E-state index in [4.69, 9.17) is 18.5 Å². The summed E-state index contributed by atoms with van der Waals surface area (Å²) in [6, 6.07) is 0. The van der Waals surface area contributed by atoms with Gasteiger partial charge in [-0.2, -0.15) is 0 Å². The van der Waals surface area contributed by atoms with Crippen LogP contribution in [-0.2, 0) is 27.9 Å². The summed E-state index contributed by atoms with van der Waals surface area (Å²) in [5, 5.41) is 0. The number of likely N-dealkylation sites (N-methyl/N-ethyl adjacent to an activating group) is 1. The number of phosphoric ester groups is 1. The number of carbonyl (C=O) groups excluding carboxylic acids is 1. The van der Waals surface area contributed by atoms with Crippen LogP contribution in [0.1, 0.15) is 232 Å². The minimum absolute atomic E-state index is 0.0844. The van der Waals surface area contributed by atoms with Crippen molar-refractivity contribution in [2.75, 3.05) is 54.1 Å². The molecule has 0 radical (unpaired) electrons. The fourth-order valence-corrected chi connectivity index (χ4v) is 8.16. The lowest BCUT2D eigenvalue weighted by Gasteiger charge is -2.24. The molecule has 0 saturated heterocycles. The molecule has 0 bridgehead atoms. The third kappa shape index (κ3) is 53.0. The number of ether oxygens (including phenoxy) is 2. The number of hydrogen-bond donors (Lipinski definition) is 1. The number of carbonyl (C=O) groups is 1. The van der Waals surface area contributed by atoms with Crippen LogP contribution in [0.4, 0.5) is 0 Å². The Labute approximate surface area is 402 Å². The van der Waals surface area contributed by atoms with Gasteiger partial charge in [0.25, 0.3) is 0 Å². The molecule has 0 fully saturated rings. The molecule has 380 valence electrons. The van der Waals surface area contributed by atoms with Gasteiger partial charge >= 0.3 is 13.8 Å². The molecule has 2 unspecified atom stereocenters. The van der Waals surface area contributed by atoms with E-state index in [0.29, 0.717) is 24.1 Å². The van der Waals surface area contributed by atoms with E-state index in [2.05, 4.69) is 74.6 Å². The number of quaternary nitrogens is 1. The average molecular weight is 935 g/mol. The summed E-state index contributed by atoms with van der Waals surface area (Å²) in [4.78, 5) is 23.0. The standard InChI is InChI=1S/C56H104NO7P/c1-6-8-10-12-14-16-18-20-22-24-26-28-29-30-31-33-35-37-39-41-43-45-47-49-56(58)64-55(54-63-65(59,60)62-52-50-57(3,4)5)53-61-51-48-46-44-42-40-38-36-34-32-27-25-23-21-19-17-15-13-11-9-7-2/h9,11,15,17,21,23-24,26-27,32,55H,6-8,10,12-14,16,18-20,22,25,28-31,33-54H2,1-5H3/p+1/b11-9-,17-15-,23-21-,26-24-,32-27-. The first-order valence-electron chi connectivity index (χ1n) is 27.0. The molecule has 0 aromatic carbocycles. The van der Waals surface area contributed by atoms with Crippen molar-refractivity contribution in [2.45, 2.75) is 238 Å². The highest BCUT2D eigenvalue weighted by Crippen LogP contribution is 2.43. The summed E-state index contributed by atoms with van der Waals surface area (Å²) in [5.41, 5.74) is 0. The molecule has 9 heteroatoms. The second-order valence-corrected chi connectivity index (χ2v) is 20.7. The molecule has 65 heavy (non-hydrogen) atoms. The van der Waals surface area contributed by atoms with Gasteiger partial charge in [-0.1, -0.05) is 209 Å². The topological polar surface area (TPSA) is 91.3 Å². The van der Waals surface area contributed by atoms with Crippen LogP contribution < -0.4 is 0 Å². The molecule has 0 aliphatic carbocycles. The van der Waals surface area contributed by atoms with Crippen molar-refractivity contribution in [1.82, 2.24) is 0 Å². The maximum Gasteiger partial charge on any atom is 0.472 e. The first-order valence-corrected chi connectivity index (χ1v) is 28.5. The van der Waals surface area contributed by atoms with Gasteiger partial charge in [-0.25, -0.2) is 4.57 Å².